The maximum Gasteiger partial charge on any atom is 0.259 e. The normalized spacial score (nSPS) is 10.9. The number of aromatic nitrogens is 2. The number of hydrogen-bond acceptors (Lipinski definition) is 4. The maximum absolute atomic E-state index is 12.0. The third-order valence-electron chi connectivity index (χ3n) is 3.93. The van der Waals surface area contributed by atoms with Gasteiger partial charge in [-0.25, -0.2) is 10.1 Å². The van der Waals surface area contributed by atoms with Gasteiger partial charge in [-0.3, -0.25) is 9.59 Å². The van der Waals surface area contributed by atoms with E-state index in [1.54, 1.807) is 29.8 Å². The summed E-state index contributed by atoms with van der Waals surface area (Å²) in [6, 6.07) is 16.3. The Morgan fingerprint density at radius 3 is 2.69 bits per heavy atom. The second kappa shape index (κ2) is 9.49. The van der Waals surface area contributed by atoms with Crippen LogP contribution >= 0.6 is 27.5 Å². The molecule has 0 spiro atoms. The minimum Gasteiger partial charge on any atom is -0.343 e. The van der Waals surface area contributed by atoms with Gasteiger partial charge in [0.2, 0.25) is 0 Å². The van der Waals surface area contributed by atoms with Crippen molar-refractivity contribution in [2.75, 3.05) is 6.54 Å². The molecule has 2 aromatic carbocycles. The second-order valence-electron chi connectivity index (χ2n) is 6.02. The molecule has 7 nitrogen and oxygen atoms in total. The van der Waals surface area contributed by atoms with Gasteiger partial charge in [-0.2, -0.15) is 10.2 Å². The highest BCUT2D eigenvalue weighted by atomic mass is 79.9. The summed E-state index contributed by atoms with van der Waals surface area (Å²) in [6.45, 7) is 1.59. The van der Waals surface area contributed by atoms with Crippen LogP contribution in [0.4, 0.5) is 0 Å². The molecule has 148 valence electrons. The number of para-hydroxylation sites is 1. The molecule has 0 aliphatic rings. The van der Waals surface area contributed by atoms with Crippen molar-refractivity contribution in [3.8, 4) is 5.69 Å². The van der Waals surface area contributed by atoms with Gasteiger partial charge in [-0.1, -0.05) is 51.8 Å². The third kappa shape index (κ3) is 5.30. The molecule has 0 unspecified atom stereocenters. The molecule has 0 aliphatic carbocycles. The maximum atomic E-state index is 12.0. The average molecular weight is 475 g/mol. The monoisotopic (exact) mass is 473 g/mol. The summed E-state index contributed by atoms with van der Waals surface area (Å²) >= 11 is 9.70. The van der Waals surface area contributed by atoms with Gasteiger partial charge in [0.25, 0.3) is 11.8 Å². The zero-order valence-corrected chi connectivity index (χ0v) is 17.7. The quantitative estimate of drug-likeness (QED) is 0.423. The van der Waals surface area contributed by atoms with Crippen LogP contribution in [0.5, 0.6) is 0 Å². The van der Waals surface area contributed by atoms with Gasteiger partial charge in [-0.05, 0) is 37.3 Å². The van der Waals surface area contributed by atoms with Gasteiger partial charge >= 0.3 is 0 Å². The van der Waals surface area contributed by atoms with E-state index in [1.165, 1.54) is 6.21 Å². The Labute approximate surface area is 180 Å². The van der Waals surface area contributed by atoms with Crippen LogP contribution in [0.15, 0.2) is 64.2 Å². The number of nitrogens with one attached hydrogen (secondary N) is 2. The lowest BCUT2D eigenvalue weighted by Crippen LogP contribution is -2.34. The Hall–Kier alpha value is -2.97. The van der Waals surface area contributed by atoms with Crippen molar-refractivity contribution in [2.45, 2.75) is 6.92 Å². The van der Waals surface area contributed by atoms with E-state index in [4.69, 9.17) is 11.6 Å². The molecule has 1 aromatic heterocycles. The molecular weight excluding hydrogens is 458 g/mol. The molecule has 0 saturated carbocycles. The molecule has 0 atom stereocenters. The number of carbonyl (C=O) groups is 2. The minimum absolute atomic E-state index is 0.210. The molecule has 0 radical (unpaired) electrons. The molecule has 0 aliphatic heterocycles. The van der Waals surface area contributed by atoms with E-state index in [-0.39, 0.29) is 12.5 Å². The molecule has 0 fully saturated rings. The first-order valence-electron chi connectivity index (χ1n) is 8.62. The van der Waals surface area contributed by atoms with E-state index in [0.29, 0.717) is 22.0 Å². The highest BCUT2D eigenvalue weighted by Gasteiger charge is 2.13. The van der Waals surface area contributed by atoms with Crippen LogP contribution in [0.1, 0.15) is 21.6 Å². The Balaban J connectivity index is 1.58. The summed E-state index contributed by atoms with van der Waals surface area (Å²) in [7, 11) is 0. The van der Waals surface area contributed by atoms with Crippen LogP contribution in [0.25, 0.3) is 5.69 Å². The average Bonchev–Trinajstić information content (AvgIpc) is 3.01. The van der Waals surface area contributed by atoms with Crippen molar-refractivity contribution in [3.05, 3.63) is 81.0 Å². The number of hydrogen-bond donors (Lipinski definition) is 2. The Bertz CT molecular complexity index is 1070. The summed E-state index contributed by atoms with van der Waals surface area (Å²) in [5.41, 5.74) is 4.89. The number of aryl methyl sites for hydroxylation is 1. The summed E-state index contributed by atoms with van der Waals surface area (Å²) in [5, 5.41) is 11.2. The van der Waals surface area contributed by atoms with Crippen molar-refractivity contribution in [1.29, 1.82) is 0 Å². The van der Waals surface area contributed by atoms with Crippen LogP contribution in [-0.2, 0) is 4.79 Å². The SMILES string of the molecule is Cc1nn(-c2ccccc2)c(Cl)c1/C=N/NC(=O)CNC(=O)c1cccc(Br)c1. The fourth-order valence-electron chi connectivity index (χ4n) is 2.50. The van der Waals surface area contributed by atoms with E-state index < -0.39 is 5.91 Å². The number of nitrogens with zero attached hydrogens (tertiary/aromatic N) is 3. The molecular formula is C20H17BrClN5O2. The van der Waals surface area contributed by atoms with E-state index in [0.717, 1.165) is 10.2 Å². The van der Waals surface area contributed by atoms with Crippen molar-refractivity contribution >= 4 is 45.6 Å². The fraction of sp³-hybridized carbons (Fsp3) is 0.100. The highest BCUT2D eigenvalue weighted by molar-refractivity contribution is 9.10. The molecule has 2 amide bonds. The zero-order valence-electron chi connectivity index (χ0n) is 15.4. The van der Waals surface area contributed by atoms with Gasteiger partial charge in [0.1, 0.15) is 5.15 Å². The zero-order chi connectivity index (χ0) is 20.8. The van der Waals surface area contributed by atoms with Crippen molar-refractivity contribution in [3.63, 3.8) is 0 Å². The van der Waals surface area contributed by atoms with Crippen molar-refractivity contribution in [1.82, 2.24) is 20.5 Å². The van der Waals surface area contributed by atoms with E-state index in [2.05, 4.69) is 36.9 Å². The van der Waals surface area contributed by atoms with Gasteiger partial charge < -0.3 is 5.32 Å². The minimum atomic E-state index is -0.464. The Kier molecular flexibility index (Phi) is 6.79. The molecule has 1 heterocycles. The predicted molar refractivity (Wildman–Crippen MR) is 116 cm³/mol. The fourth-order valence-corrected chi connectivity index (χ4v) is 3.22. The van der Waals surface area contributed by atoms with Gasteiger partial charge in [0.05, 0.1) is 29.7 Å². The first-order valence-corrected chi connectivity index (χ1v) is 9.79. The molecule has 29 heavy (non-hydrogen) atoms. The smallest absolute Gasteiger partial charge is 0.259 e. The summed E-state index contributed by atoms with van der Waals surface area (Å²) < 4.78 is 2.38. The molecule has 3 aromatic rings. The first-order chi connectivity index (χ1) is 14.0. The number of hydrazone groups is 1. The lowest BCUT2D eigenvalue weighted by atomic mass is 10.2. The van der Waals surface area contributed by atoms with Crippen LogP contribution in [0, 0.1) is 6.92 Å². The van der Waals surface area contributed by atoms with Crippen LogP contribution in [-0.4, -0.2) is 34.4 Å². The van der Waals surface area contributed by atoms with Gasteiger partial charge in [0.15, 0.2) is 0 Å². The first kappa shape index (κ1) is 20.8. The molecule has 3 rings (SSSR count). The van der Waals surface area contributed by atoms with Gasteiger partial charge in [0, 0.05) is 10.0 Å². The number of amides is 2. The number of halogens is 2. The largest absolute Gasteiger partial charge is 0.343 e. The van der Waals surface area contributed by atoms with Gasteiger partial charge in [-0.15, -0.1) is 0 Å². The topological polar surface area (TPSA) is 88.4 Å². The van der Waals surface area contributed by atoms with Crippen LogP contribution in [0.3, 0.4) is 0 Å². The van der Waals surface area contributed by atoms with E-state index >= 15 is 0 Å². The van der Waals surface area contributed by atoms with Crippen LogP contribution < -0.4 is 10.7 Å². The lowest BCUT2D eigenvalue weighted by molar-refractivity contribution is -0.120. The molecule has 0 saturated heterocycles. The molecule has 9 heteroatoms. The molecule has 2 N–H and O–H groups in total. The standard InChI is InChI=1S/C20H17BrClN5O2/c1-13-17(19(22)27(26-13)16-8-3-2-4-9-16)11-24-25-18(28)12-23-20(29)14-6-5-7-15(21)10-14/h2-11H,12H2,1H3,(H,23,29)(H,25,28)/b24-11+. The summed E-state index contributed by atoms with van der Waals surface area (Å²) in [4.78, 5) is 24.0. The number of rotatable bonds is 6. The second-order valence-corrected chi connectivity index (χ2v) is 7.30. The Morgan fingerprint density at radius 2 is 1.97 bits per heavy atom. The Morgan fingerprint density at radius 1 is 1.21 bits per heavy atom. The van der Waals surface area contributed by atoms with E-state index in [1.807, 2.05) is 36.4 Å². The third-order valence-corrected chi connectivity index (χ3v) is 4.78. The lowest BCUT2D eigenvalue weighted by Gasteiger charge is -2.04. The highest BCUT2D eigenvalue weighted by Crippen LogP contribution is 2.21. The molecule has 0 bridgehead atoms. The van der Waals surface area contributed by atoms with Crippen molar-refractivity contribution in [2.24, 2.45) is 5.10 Å². The van der Waals surface area contributed by atoms with Crippen LogP contribution in [0.2, 0.25) is 5.15 Å². The van der Waals surface area contributed by atoms with Crippen molar-refractivity contribution < 1.29 is 9.59 Å². The van der Waals surface area contributed by atoms with E-state index in [9.17, 15) is 9.59 Å². The predicted octanol–water partition coefficient (Wildman–Crippen LogP) is 3.48. The summed E-state index contributed by atoms with van der Waals surface area (Å²) in [5.74, 6) is -0.817. The number of benzene rings is 2. The number of carbonyl (C=O) groups excluding carboxylic acids is 2. The summed E-state index contributed by atoms with van der Waals surface area (Å²) in [6.07, 6.45) is 1.43.